The molecule has 0 fully saturated rings. The van der Waals surface area contributed by atoms with Crippen LogP contribution in [0.25, 0.3) is 0 Å². The van der Waals surface area contributed by atoms with Crippen molar-refractivity contribution >= 4 is 23.9 Å². The number of fused-ring (bicyclic) bond motifs is 1. The first-order valence-corrected chi connectivity index (χ1v) is 14.8. The van der Waals surface area contributed by atoms with Gasteiger partial charge in [0, 0.05) is 12.5 Å². The lowest BCUT2D eigenvalue weighted by Crippen LogP contribution is -2.48. The summed E-state index contributed by atoms with van der Waals surface area (Å²) >= 11 is 0. The first-order chi connectivity index (χ1) is 21.7. The van der Waals surface area contributed by atoms with E-state index in [0.717, 1.165) is 11.1 Å². The number of aromatic hydroxyl groups is 1. The van der Waals surface area contributed by atoms with Crippen molar-refractivity contribution in [3.8, 4) is 5.75 Å². The number of cyclic esters (lactones) is 1. The quantitative estimate of drug-likeness (QED) is 0.139. The Labute approximate surface area is 262 Å². The average Bonchev–Trinajstić information content (AvgIpc) is 3.02. The Balaban J connectivity index is 1.42. The van der Waals surface area contributed by atoms with E-state index < -0.39 is 42.1 Å². The summed E-state index contributed by atoms with van der Waals surface area (Å²) < 4.78 is 16.3. The lowest BCUT2D eigenvalue weighted by atomic mass is 9.90. The molecule has 45 heavy (non-hydrogen) atoms. The Morgan fingerprint density at radius 1 is 0.911 bits per heavy atom. The molecule has 0 bridgehead atoms. The number of phenols is 1. The second-order valence-electron chi connectivity index (χ2n) is 11.2. The van der Waals surface area contributed by atoms with Crippen molar-refractivity contribution in [2.24, 2.45) is 5.92 Å². The maximum Gasteiger partial charge on any atom is 0.407 e. The van der Waals surface area contributed by atoms with Gasteiger partial charge in [-0.15, -0.1) is 0 Å². The SMILES string of the molecule is CC(C)C[C@H](NC(=O)/C=C\[C@H](CC(=O)OCc1ccccc1)NC(=O)OCc1ccccc1)[C@@H]1Cc2cccc(O)c2C(=O)O1. The Bertz CT molecular complexity index is 1430. The molecule has 3 atom stereocenters. The van der Waals surface area contributed by atoms with Crippen molar-refractivity contribution in [3.05, 3.63) is 113 Å². The van der Waals surface area contributed by atoms with Gasteiger partial charge in [-0.05, 0) is 35.1 Å². The second-order valence-corrected chi connectivity index (χ2v) is 11.2. The molecule has 2 amide bonds. The largest absolute Gasteiger partial charge is 0.507 e. The van der Waals surface area contributed by atoms with Gasteiger partial charge in [-0.3, -0.25) is 9.59 Å². The fraction of sp³-hybridized carbons (Fsp3) is 0.314. The van der Waals surface area contributed by atoms with Gasteiger partial charge in [0.15, 0.2) is 0 Å². The molecule has 0 aromatic heterocycles. The summed E-state index contributed by atoms with van der Waals surface area (Å²) in [6, 6.07) is 21.7. The van der Waals surface area contributed by atoms with Crippen LogP contribution in [0.2, 0.25) is 0 Å². The average molecular weight is 615 g/mol. The summed E-state index contributed by atoms with van der Waals surface area (Å²) in [5, 5.41) is 15.7. The summed E-state index contributed by atoms with van der Waals surface area (Å²) in [6.07, 6.45) is 1.80. The number of esters is 2. The van der Waals surface area contributed by atoms with Gasteiger partial charge in [-0.1, -0.05) is 92.7 Å². The van der Waals surface area contributed by atoms with Crippen molar-refractivity contribution in [2.45, 2.75) is 64.5 Å². The Kier molecular flexibility index (Phi) is 11.7. The molecule has 1 heterocycles. The zero-order valence-corrected chi connectivity index (χ0v) is 25.3. The molecule has 3 aromatic rings. The van der Waals surface area contributed by atoms with Crippen LogP contribution in [0.3, 0.4) is 0 Å². The fourth-order valence-electron chi connectivity index (χ4n) is 4.98. The van der Waals surface area contributed by atoms with Gasteiger partial charge in [0.25, 0.3) is 0 Å². The summed E-state index contributed by atoms with van der Waals surface area (Å²) in [6.45, 7) is 4.07. The van der Waals surface area contributed by atoms with E-state index in [1.807, 2.05) is 74.5 Å². The van der Waals surface area contributed by atoms with Crippen LogP contribution in [0.15, 0.2) is 91.0 Å². The molecule has 1 aliphatic rings. The van der Waals surface area contributed by atoms with E-state index in [1.54, 1.807) is 12.1 Å². The van der Waals surface area contributed by atoms with Crippen molar-refractivity contribution in [2.75, 3.05) is 0 Å². The first kappa shape index (κ1) is 32.8. The molecule has 0 spiro atoms. The van der Waals surface area contributed by atoms with Crippen LogP contribution in [-0.4, -0.2) is 47.2 Å². The van der Waals surface area contributed by atoms with Gasteiger partial charge >= 0.3 is 18.0 Å². The molecular weight excluding hydrogens is 576 g/mol. The van der Waals surface area contributed by atoms with Gasteiger partial charge in [0.1, 0.15) is 30.6 Å². The van der Waals surface area contributed by atoms with E-state index in [0.29, 0.717) is 18.4 Å². The summed E-state index contributed by atoms with van der Waals surface area (Å²) in [5.74, 6) is -1.71. The second kappa shape index (κ2) is 16.1. The highest BCUT2D eigenvalue weighted by molar-refractivity contribution is 5.95. The lowest BCUT2D eigenvalue weighted by Gasteiger charge is -2.32. The molecule has 1 aliphatic heterocycles. The zero-order valence-electron chi connectivity index (χ0n) is 25.3. The van der Waals surface area contributed by atoms with E-state index in [2.05, 4.69) is 10.6 Å². The Hall–Kier alpha value is -5.12. The van der Waals surface area contributed by atoms with Gasteiger partial charge < -0.3 is 30.0 Å². The van der Waals surface area contributed by atoms with Crippen molar-refractivity contribution in [1.29, 1.82) is 0 Å². The van der Waals surface area contributed by atoms with Crippen LogP contribution in [0.5, 0.6) is 5.75 Å². The maximum atomic E-state index is 13.1. The molecule has 0 radical (unpaired) electrons. The van der Waals surface area contributed by atoms with Crippen LogP contribution < -0.4 is 10.6 Å². The minimum Gasteiger partial charge on any atom is -0.507 e. The maximum absolute atomic E-state index is 13.1. The monoisotopic (exact) mass is 614 g/mol. The van der Waals surface area contributed by atoms with Crippen LogP contribution in [0, 0.1) is 5.92 Å². The number of benzene rings is 3. The van der Waals surface area contributed by atoms with Crippen LogP contribution in [0.1, 0.15) is 53.7 Å². The molecule has 0 saturated carbocycles. The van der Waals surface area contributed by atoms with E-state index in [-0.39, 0.29) is 36.9 Å². The summed E-state index contributed by atoms with van der Waals surface area (Å²) in [4.78, 5) is 51.1. The molecule has 3 aromatic carbocycles. The van der Waals surface area contributed by atoms with Crippen LogP contribution in [-0.2, 0) is 43.4 Å². The number of amides is 2. The van der Waals surface area contributed by atoms with Gasteiger partial charge in [0.05, 0.1) is 18.5 Å². The minimum atomic E-state index is -0.909. The van der Waals surface area contributed by atoms with E-state index in [9.17, 15) is 24.3 Å². The lowest BCUT2D eigenvalue weighted by molar-refractivity contribution is -0.145. The number of hydrogen-bond donors (Lipinski definition) is 3. The van der Waals surface area contributed by atoms with E-state index in [4.69, 9.17) is 14.2 Å². The third-order valence-electron chi connectivity index (χ3n) is 7.14. The van der Waals surface area contributed by atoms with E-state index in [1.165, 1.54) is 18.2 Å². The highest BCUT2D eigenvalue weighted by Crippen LogP contribution is 2.30. The van der Waals surface area contributed by atoms with E-state index >= 15 is 0 Å². The van der Waals surface area contributed by atoms with Crippen LogP contribution >= 0.6 is 0 Å². The number of ether oxygens (including phenoxy) is 3. The minimum absolute atomic E-state index is 0.0277. The van der Waals surface area contributed by atoms with Crippen molar-refractivity contribution < 1.29 is 38.5 Å². The molecule has 236 valence electrons. The summed E-state index contributed by atoms with van der Waals surface area (Å²) in [5.41, 5.74) is 2.38. The molecule has 10 nitrogen and oxygen atoms in total. The topological polar surface area (TPSA) is 140 Å². The molecule has 0 aliphatic carbocycles. The molecule has 10 heteroatoms. The number of hydrogen-bond acceptors (Lipinski definition) is 8. The normalized spacial score (nSPS) is 15.4. The predicted octanol–water partition coefficient (Wildman–Crippen LogP) is 4.99. The molecular formula is C35H38N2O8. The standard InChI is InChI=1S/C35H38N2O8/c1-23(2)18-28(30-19-26-14-9-15-29(38)33(26)34(41)45-30)37-31(39)17-16-27(20-32(40)43-21-24-10-5-3-6-11-24)36-35(42)44-22-25-12-7-4-8-13-25/h3-17,23,27-28,30,38H,18-22H2,1-2H3,(H,36,42)(H,37,39)/b17-16-/t27-,28+,30+/m1/s1. The van der Waals surface area contributed by atoms with Crippen molar-refractivity contribution in [1.82, 2.24) is 10.6 Å². The zero-order chi connectivity index (χ0) is 32.2. The molecule has 0 saturated heterocycles. The summed E-state index contributed by atoms with van der Waals surface area (Å²) in [7, 11) is 0. The van der Waals surface area contributed by atoms with Crippen LogP contribution in [0.4, 0.5) is 4.79 Å². The number of phenolic OH excluding ortho intramolecular Hbond substituents is 1. The molecule has 0 unspecified atom stereocenters. The first-order valence-electron chi connectivity index (χ1n) is 14.8. The number of carbonyl (C=O) groups excluding carboxylic acids is 4. The third-order valence-corrected chi connectivity index (χ3v) is 7.14. The number of rotatable bonds is 13. The van der Waals surface area contributed by atoms with Gasteiger partial charge in [-0.25, -0.2) is 9.59 Å². The molecule has 3 N–H and O–H groups in total. The highest BCUT2D eigenvalue weighted by atomic mass is 16.6. The van der Waals surface area contributed by atoms with Gasteiger partial charge in [-0.2, -0.15) is 0 Å². The third kappa shape index (κ3) is 10.2. The number of nitrogens with one attached hydrogen (secondary N) is 2. The van der Waals surface area contributed by atoms with Gasteiger partial charge in [0.2, 0.25) is 5.91 Å². The highest BCUT2D eigenvalue weighted by Gasteiger charge is 2.34. The molecule has 4 rings (SSSR count). The number of carbonyl (C=O) groups is 4. The Morgan fingerprint density at radius 2 is 1.56 bits per heavy atom. The fourth-order valence-corrected chi connectivity index (χ4v) is 4.98. The predicted molar refractivity (Wildman–Crippen MR) is 166 cm³/mol. The van der Waals surface area contributed by atoms with Crippen molar-refractivity contribution in [3.63, 3.8) is 0 Å². The number of alkyl carbamates (subject to hydrolysis) is 1. The Morgan fingerprint density at radius 3 is 2.20 bits per heavy atom. The smallest absolute Gasteiger partial charge is 0.407 e.